The summed E-state index contributed by atoms with van der Waals surface area (Å²) in [4.78, 5) is 12.4. The molecule has 5 heteroatoms. The van der Waals surface area contributed by atoms with E-state index in [4.69, 9.17) is 5.73 Å². The lowest BCUT2D eigenvalue weighted by atomic mass is 9.83. The first-order valence-electron chi connectivity index (χ1n) is 7.88. The van der Waals surface area contributed by atoms with E-state index in [1.54, 1.807) is 10.9 Å². The predicted octanol–water partition coefficient (Wildman–Crippen LogP) is 2.72. The van der Waals surface area contributed by atoms with Gasteiger partial charge in [-0.05, 0) is 37.0 Å². The predicted molar refractivity (Wildman–Crippen MR) is 86.7 cm³/mol. The molecule has 2 unspecified atom stereocenters. The number of hydrogen-bond donors (Lipinski definition) is 2. The van der Waals surface area contributed by atoms with E-state index in [9.17, 15) is 4.79 Å². The van der Waals surface area contributed by atoms with Crippen molar-refractivity contribution in [3.8, 4) is 5.69 Å². The van der Waals surface area contributed by atoms with Crippen LogP contribution < -0.4 is 11.1 Å². The molecule has 2 atom stereocenters. The molecule has 1 fully saturated rings. The van der Waals surface area contributed by atoms with Crippen LogP contribution in [0.1, 0.15) is 32.1 Å². The van der Waals surface area contributed by atoms with Crippen LogP contribution in [0.15, 0.2) is 42.7 Å². The van der Waals surface area contributed by atoms with E-state index in [1.807, 2.05) is 36.5 Å². The lowest BCUT2D eigenvalue weighted by Gasteiger charge is -2.28. The number of nitrogens with one attached hydrogen (secondary N) is 1. The lowest BCUT2D eigenvalue weighted by Crippen LogP contribution is -2.35. The molecule has 1 aromatic carbocycles. The van der Waals surface area contributed by atoms with E-state index in [0.717, 1.165) is 24.2 Å². The molecule has 22 heavy (non-hydrogen) atoms. The molecule has 2 aromatic rings. The zero-order valence-electron chi connectivity index (χ0n) is 12.6. The Morgan fingerprint density at radius 3 is 2.86 bits per heavy atom. The molecule has 0 bridgehead atoms. The number of hydrogen-bond acceptors (Lipinski definition) is 3. The molecule has 5 nitrogen and oxygen atoms in total. The molecule has 0 spiro atoms. The molecule has 3 N–H and O–H groups in total. The summed E-state index contributed by atoms with van der Waals surface area (Å²) in [6.07, 6.45) is 8.52. The minimum Gasteiger partial charge on any atom is -0.327 e. The third-order valence-corrected chi connectivity index (χ3v) is 4.34. The summed E-state index contributed by atoms with van der Waals surface area (Å²) in [5.41, 5.74) is 7.78. The van der Waals surface area contributed by atoms with Gasteiger partial charge in [0.2, 0.25) is 5.91 Å². The third-order valence-electron chi connectivity index (χ3n) is 4.34. The van der Waals surface area contributed by atoms with Gasteiger partial charge in [0.1, 0.15) is 0 Å². The number of nitrogens with zero attached hydrogens (tertiary/aromatic N) is 2. The highest BCUT2D eigenvalue weighted by Gasteiger charge is 2.24. The number of carbonyl (C=O) groups is 1. The first-order chi connectivity index (χ1) is 10.7. The van der Waals surface area contributed by atoms with Gasteiger partial charge in [0.15, 0.2) is 0 Å². The Morgan fingerprint density at radius 1 is 1.27 bits per heavy atom. The summed E-state index contributed by atoms with van der Waals surface area (Å²) in [7, 11) is 0. The van der Waals surface area contributed by atoms with Gasteiger partial charge in [-0.2, -0.15) is 5.10 Å². The molecular formula is C17H22N4O. The lowest BCUT2D eigenvalue weighted by molar-refractivity contribution is -0.117. The van der Waals surface area contributed by atoms with Crippen LogP contribution in [-0.2, 0) is 4.79 Å². The van der Waals surface area contributed by atoms with Gasteiger partial charge in [-0.25, -0.2) is 4.68 Å². The molecule has 3 rings (SSSR count). The second kappa shape index (κ2) is 6.75. The standard InChI is InChI=1S/C17H22N4O/c18-14-7-2-1-6-13(14)12-17(22)20-15-8-3-4-9-16(15)21-11-5-10-19-21/h3-5,8-11,13-14H,1-2,6-7,12,18H2,(H,20,22). The minimum atomic E-state index is 0.0296. The van der Waals surface area contributed by atoms with Gasteiger partial charge in [0.25, 0.3) is 0 Å². The van der Waals surface area contributed by atoms with E-state index in [0.29, 0.717) is 12.3 Å². The molecular weight excluding hydrogens is 276 g/mol. The Labute approximate surface area is 130 Å². The fourth-order valence-electron chi connectivity index (χ4n) is 3.12. The molecule has 116 valence electrons. The van der Waals surface area contributed by atoms with Gasteiger partial charge in [-0.3, -0.25) is 4.79 Å². The maximum Gasteiger partial charge on any atom is 0.224 e. The third kappa shape index (κ3) is 3.36. The molecule has 1 aliphatic carbocycles. The monoisotopic (exact) mass is 298 g/mol. The highest BCUT2D eigenvalue weighted by atomic mass is 16.1. The Morgan fingerprint density at radius 2 is 2.09 bits per heavy atom. The van der Waals surface area contributed by atoms with Crippen LogP contribution in [0.5, 0.6) is 0 Å². The number of rotatable bonds is 4. The number of amides is 1. The average Bonchev–Trinajstić information content (AvgIpc) is 3.04. The summed E-state index contributed by atoms with van der Waals surface area (Å²) < 4.78 is 1.75. The van der Waals surface area contributed by atoms with Crippen molar-refractivity contribution >= 4 is 11.6 Å². The van der Waals surface area contributed by atoms with Crippen molar-refractivity contribution in [1.29, 1.82) is 0 Å². The van der Waals surface area contributed by atoms with E-state index in [-0.39, 0.29) is 11.9 Å². The molecule has 0 aliphatic heterocycles. The van der Waals surface area contributed by atoms with Gasteiger partial charge in [-0.1, -0.05) is 25.0 Å². The first-order valence-corrected chi connectivity index (χ1v) is 7.88. The molecule has 1 heterocycles. The number of benzene rings is 1. The van der Waals surface area contributed by atoms with Crippen molar-refractivity contribution in [2.75, 3.05) is 5.32 Å². The molecule has 0 saturated heterocycles. The second-order valence-corrected chi connectivity index (χ2v) is 5.93. The molecule has 1 aromatic heterocycles. The summed E-state index contributed by atoms with van der Waals surface area (Å²) in [6.45, 7) is 0. The Balaban J connectivity index is 1.69. The van der Waals surface area contributed by atoms with Crippen LogP contribution in [0, 0.1) is 5.92 Å². The van der Waals surface area contributed by atoms with E-state index < -0.39 is 0 Å². The summed E-state index contributed by atoms with van der Waals surface area (Å²) in [5, 5.41) is 7.24. The average molecular weight is 298 g/mol. The Kier molecular flexibility index (Phi) is 4.53. The fraction of sp³-hybridized carbons (Fsp3) is 0.412. The van der Waals surface area contributed by atoms with Crippen molar-refractivity contribution in [2.24, 2.45) is 11.7 Å². The molecule has 1 aliphatic rings. The largest absolute Gasteiger partial charge is 0.327 e. The van der Waals surface area contributed by atoms with E-state index in [2.05, 4.69) is 10.4 Å². The van der Waals surface area contributed by atoms with Crippen LogP contribution in [0.3, 0.4) is 0 Å². The van der Waals surface area contributed by atoms with Crippen molar-refractivity contribution < 1.29 is 4.79 Å². The fourth-order valence-corrected chi connectivity index (χ4v) is 3.12. The maximum absolute atomic E-state index is 12.4. The molecule has 1 amide bonds. The van der Waals surface area contributed by atoms with Crippen molar-refractivity contribution in [2.45, 2.75) is 38.1 Å². The number of para-hydroxylation sites is 2. The van der Waals surface area contributed by atoms with Gasteiger partial charge >= 0.3 is 0 Å². The van der Waals surface area contributed by atoms with Gasteiger partial charge in [0.05, 0.1) is 11.4 Å². The van der Waals surface area contributed by atoms with Crippen molar-refractivity contribution in [3.05, 3.63) is 42.7 Å². The first kappa shape index (κ1) is 14.8. The number of carbonyl (C=O) groups excluding carboxylic acids is 1. The summed E-state index contributed by atoms with van der Waals surface area (Å²) in [5.74, 6) is 0.326. The number of nitrogens with two attached hydrogens (primary N) is 1. The SMILES string of the molecule is NC1CCCCC1CC(=O)Nc1ccccc1-n1cccn1. The van der Waals surface area contributed by atoms with Crippen LogP contribution in [0.4, 0.5) is 5.69 Å². The smallest absolute Gasteiger partial charge is 0.224 e. The van der Waals surface area contributed by atoms with Crippen LogP contribution in [0.25, 0.3) is 5.69 Å². The van der Waals surface area contributed by atoms with Crippen LogP contribution in [0.2, 0.25) is 0 Å². The zero-order valence-corrected chi connectivity index (χ0v) is 12.6. The summed E-state index contributed by atoms with van der Waals surface area (Å²) >= 11 is 0. The highest BCUT2D eigenvalue weighted by Crippen LogP contribution is 2.26. The Hall–Kier alpha value is -2.14. The number of anilines is 1. The molecule has 1 saturated carbocycles. The van der Waals surface area contributed by atoms with E-state index >= 15 is 0 Å². The van der Waals surface area contributed by atoms with E-state index in [1.165, 1.54) is 12.8 Å². The number of aromatic nitrogens is 2. The van der Waals surface area contributed by atoms with Gasteiger partial charge in [0, 0.05) is 24.9 Å². The van der Waals surface area contributed by atoms with Crippen LogP contribution >= 0.6 is 0 Å². The minimum absolute atomic E-state index is 0.0296. The van der Waals surface area contributed by atoms with Crippen LogP contribution in [-0.4, -0.2) is 21.7 Å². The van der Waals surface area contributed by atoms with Gasteiger partial charge < -0.3 is 11.1 Å². The Bertz CT molecular complexity index is 623. The highest BCUT2D eigenvalue weighted by molar-refractivity contribution is 5.93. The summed E-state index contributed by atoms with van der Waals surface area (Å²) in [6, 6.07) is 9.70. The zero-order chi connectivity index (χ0) is 15.4. The maximum atomic E-state index is 12.4. The quantitative estimate of drug-likeness (QED) is 0.911. The normalized spacial score (nSPS) is 21.5. The topological polar surface area (TPSA) is 72.9 Å². The molecule has 0 radical (unpaired) electrons. The van der Waals surface area contributed by atoms with Crippen molar-refractivity contribution in [1.82, 2.24) is 9.78 Å². The van der Waals surface area contributed by atoms with Gasteiger partial charge in [-0.15, -0.1) is 0 Å². The second-order valence-electron chi connectivity index (χ2n) is 5.93. The van der Waals surface area contributed by atoms with Crippen molar-refractivity contribution in [3.63, 3.8) is 0 Å².